The van der Waals surface area contributed by atoms with Gasteiger partial charge in [0.2, 0.25) is 0 Å². The van der Waals surface area contributed by atoms with Crippen LogP contribution in [-0.2, 0) is 4.74 Å². The molecule has 0 fully saturated rings. The number of nitrogens with one attached hydrogen (secondary N) is 1. The molecule has 1 aromatic rings. The van der Waals surface area contributed by atoms with Crippen molar-refractivity contribution < 1.29 is 14.6 Å². The summed E-state index contributed by atoms with van der Waals surface area (Å²) in [6, 6.07) is 3.61. The first-order valence-corrected chi connectivity index (χ1v) is 7.17. The van der Waals surface area contributed by atoms with Crippen LogP contribution in [-0.4, -0.2) is 23.4 Å². The molecule has 0 saturated heterocycles. The molecule has 2 N–H and O–H groups in total. The van der Waals surface area contributed by atoms with Gasteiger partial charge in [-0.1, -0.05) is 19.9 Å². The number of thiophene rings is 1. The van der Waals surface area contributed by atoms with Crippen LogP contribution in [0.4, 0.5) is 4.79 Å². The Hall–Kier alpha value is -1.07. The molecule has 19 heavy (non-hydrogen) atoms. The average Bonchev–Trinajstić information content (AvgIpc) is 2.76. The fourth-order valence-electron chi connectivity index (χ4n) is 1.62. The van der Waals surface area contributed by atoms with Crippen molar-refractivity contribution in [3.8, 4) is 0 Å². The fraction of sp³-hybridized carbons (Fsp3) is 0.643. The normalized spacial score (nSPS) is 14.0. The Balaban J connectivity index is 2.85. The second-order valence-corrected chi connectivity index (χ2v) is 7.22. The van der Waals surface area contributed by atoms with Gasteiger partial charge in [-0.25, -0.2) is 4.79 Å². The molecule has 5 heteroatoms. The second kappa shape index (κ2) is 5.92. The van der Waals surface area contributed by atoms with Crippen LogP contribution in [0.15, 0.2) is 17.5 Å². The minimum Gasteiger partial charge on any atom is -0.444 e. The van der Waals surface area contributed by atoms with Gasteiger partial charge in [-0.3, -0.25) is 0 Å². The Morgan fingerprint density at radius 3 is 2.47 bits per heavy atom. The fourth-order valence-corrected chi connectivity index (χ4v) is 2.61. The largest absolute Gasteiger partial charge is 0.444 e. The number of rotatable bonds is 4. The number of carbonyl (C=O) groups is 1. The van der Waals surface area contributed by atoms with Gasteiger partial charge in [-0.05, 0) is 32.2 Å². The maximum absolute atomic E-state index is 11.9. The summed E-state index contributed by atoms with van der Waals surface area (Å²) in [5, 5.41) is 14.3. The molecular formula is C14H23NO3S. The summed E-state index contributed by atoms with van der Waals surface area (Å²) in [6.45, 7) is 9.27. The van der Waals surface area contributed by atoms with Crippen LogP contribution in [0.2, 0.25) is 0 Å². The lowest BCUT2D eigenvalue weighted by atomic mass is 9.84. The lowest BCUT2D eigenvalue weighted by Crippen LogP contribution is -2.42. The number of alkyl carbamates (subject to hydrolysis) is 1. The molecule has 0 spiro atoms. The van der Waals surface area contributed by atoms with Crippen LogP contribution in [0.1, 0.15) is 45.5 Å². The van der Waals surface area contributed by atoms with Crippen LogP contribution in [0.25, 0.3) is 0 Å². The van der Waals surface area contributed by atoms with E-state index in [4.69, 9.17) is 4.74 Å². The Kier molecular flexibility index (Phi) is 4.98. The SMILES string of the molecule is CC(C)(C)OC(=O)NC(c1cccs1)C(C)(C)CO. The summed E-state index contributed by atoms with van der Waals surface area (Å²) in [7, 11) is 0. The van der Waals surface area contributed by atoms with Crippen molar-refractivity contribution in [1.82, 2.24) is 5.32 Å². The highest BCUT2D eigenvalue weighted by atomic mass is 32.1. The van der Waals surface area contributed by atoms with Gasteiger partial charge in [-0.2, -0.15) is 0 Å². The Morgan fingerprint density at radius 2 is 2.05 bits per heavy atom. The smallest absolute Gasteiger partial charge is 0.408 e. The first-order chi connectivity index (χ1) is 8.65. The number of hydrogen-bond donors (Lipinski definition) is 2. The molecule has 108 valence electrons. The highest BCUT2D eigenvalue weighted by molar-refractivity contribution is 7.10. The van der Waals surface area contributed by atoms with E-state index in [1.165, 1.54) is 0 Å². The Labute approximate surface area is 118 Å². The van der Waals surface area contributed by atoms with Gasteiger partial charge in [0.1, 0.15) is 5.60 Å². The van der Waals surface area contributed by atoms with Crippen LogP contribution in [0, 0.1) is 5.41 Å². The summed E-state index contributed by atoms with van der Waals surface area (Å²) in [6.07, 6.45) is -0.465. The van der Waals surface area contributed by atoms with Crippen molar-refractivity contribution in [3.05, 3.63) is 22.4 Å². The summed E-state index contributed by atoms with van der Waals surface area (Å²) in [5.41, 5.74) is -0.991. The van der Waals surface area contributed by atoms with E-state index in [1.54, 1.807) is 11.3 Å². The van der Waals surface area contributed by atoms with Crippen LogP contribution >= 0.6 is 11.3 Å². The van der Waals surface area contributed by atoms with Gasteiger partial charge < -0.3 is 15.2 Å². The second-order valence-electron chi connectivity index (χ2n) is 6.24. The van der Waals surface area contributed by atoms with Gasteiger partial charge in [0.25, 0.3) is 0 Å². The molecule has 1 heterocycles. The Bertz CT molecular complexity index is 407. The summed E-state index contributed by atoms with van der Waals surface area (Å²) in [4.78, 5) is 12.9. The van der Waals surface area contributed by atoms with E-state index < -0.39 is 17.1 Å². The van der Waals surface area contributed by atoms with Crippen LogP contribution in [0.3, 0.4) is 0 Å². The van der Waals surface area contributed by atoms with E-state index in [2.05, 4.69) is 5.32 Å². The molecule has 0 aliphatic rings. The predicted molar refractivity (Wildman–Crippen MR) is 77.3 cm³/mol. The number of carbonyl (C=O) groups excluding carboxylic acids is 1. The molecule has 1 aromatic heterocycles. The van der Waals surface area contributed by atoms with Crippen molar-refractivity contribution in [2.45, 2.75) is 46.3 Å². The van der Waals surface area contributed by atoms with Crippen molar-refractivity contribution in [2.75, 3.05) is 6.61 Å². The first kappa shape index (κ1) is 16.0. The van der Waals surface area contributed by atoms with E-state index in [9.17, 15) is 9.90 Å². The quantitative estimate of drug-likeness (QED) is 0.892. The molecule has 0 aliphatic carbocycles. The molecule has 0 bridgehead atoms. The highest BCUT2D eigenvalue weighted by Crippen LogP contribution is 2.35. The van der Waals surface area contributed by atoms with E-state index in [0.29, 0.717) is 0 Å². The third kappa shape index (κ3) is 4.84. The topological polar surface area (TPSA) is 58.6 Å². The lowest BCUT2D eigenvalue weighted by Gasteiger charge is -2.33. The number of aliphatic hydroxyl groups excluding tert-OH is 1. The van der Waals surface area contributed by atoms with Crippen LogP contribution in [0.5, 0.6) is 0 Å². The third-order valence-corrected chi connectivity index (χ3v) is 3.61. The number of hydrogen-bond acceptors (Lipinski definition) is 4. The third-order valence-electron chi connectivity index (χ3n) is 2.68. The highest BCUT2D eigenvalue weighted by Gasteiger charge is 2.33. The molecule has 0 aliphatic heterocycles. The molecule has 0 aromatic carbocycles. The van der Waals surface area contributed by atoms with Gasteiger partial charge in [0, 0.05) is 10.3 Å². The van der Waals surface area contributed by atoms with E-state index >= 15 is 0 Å². The molecular weight excluding hydrogens is 262 g/mol. The van der Waals surface area contributed by atoms with Crippen molar-refractivity contribution >= 4 is 17.4 Å². The first-order valence-electron chi connectivity index (χ1n) is 6.29. The van der Waals surface area contributed by atoms with Gasteiger partial charge in [0.15, 0.2) is 0 Å². The minimum absolute atomic E-state index is 0.0225. The molecule has 1 rings (SSSR count). The lowest BCUT2D eigenvalue weighted by molar-refractivity contribution is 0.0410. The molecule has 0 saturated carbocycles. The van der Waals surface area contributed by atoms with Crippen molar-refractivity contribution in [1.29, 1.82) is 0 Å². The maximum atomic E-state index is 11.9. The molecule has 4 nitrogen and oxygen atoms in total. The molecule has 1 amide bonds. The Morgan fingerprint density at radius 1 is 1.42 bits per heavy atom. The van der Waals surface area contributed by atoms with E-state index in [1.807, 2.05) is 52.1 Å². The molecule has 1 atom stereocenters. The zero-order chi connectivity index (χ0) is 14.7. The van der Waals surface area contributed by atoms with Crippen molar-refractivity contribution in [3.63, 3.8) is 0 Å². The van der Waals surface area contributed by atoms with Gasteiger partial charge >= 0.3 is 6.09 Å². The molecule has 1 unspecified atom stereocenters. The van der Waals surface area contributed by atoms with E-state index in [0.717, 1.165) is 4.88 Å². The summed E-state index contributed by atoms with van der Waals surface area (Å²) < 4.78 is 5.28. The monoisotopic (exact) mass is 285 g/mol. The predicted octanol–water partition coefficient (Wildman–Crippen LogP) is 3.33. The standard InChI is InChI=1S/C14H23NO3S/c1-13(2,3)18-12(17)15-11(14(4,5)9-16)10-7-6-8-19-10/h6-8,11,16H,9H2,1-5H3,(H,15,17). The number of ether oxygens (including phenoxy) is 1. The minimum atomic E-state index is -0.534. The van der Waals surface area contributed by atoms with Crippen molar-refractivity contribution in [2.24, 2.45) is 5.41 Å². The van der Waals surface area contributed by atoms with E-state index in [-0.39, 0.29) is 12.6 Å². The maximum Gasteiger partial charge on any atom is 0.408 e. The zero-order valence-electron chi connectivity index (χ0n) is 12.2. The van der Waals surface area contributed by atoms with Crippen LogP contribution < -0.4 is 5.32 Å². The summed E-state index contributed by atoms with van der Waals surface area (Å²) in [5.74, 6) is 0. The van der Waals surface area contributed by atoms with Gasteiger partial charge in [-0.15, -0.1) is 11.3 Å². The van der Waals surface area contributed by atoms with Gasteiger partial charge in [0.05, 0.1) is 12.6 Å². The average molecular weight is 285 g/mol. The molecule has 0 radical (unpaired) electrons. The zero-order valence-corrected chi connectivity index (χ0v) is 13.0. The summed E-state index contributed by atoms with van der Waals surface area (Å²) >= 11 is 1.55. The number of amides is 1. The number of aliphatic hydroxyl groups is 1.